The number of rotatable bonds is 13. The first-order valence-corrected chi connectivity index (χ1v) is 12.7. The lowest BCUT2D eigenvalue weighted by Crippen LogP contribution is -2.54. The third-order valence-corrected chi connectivity index (χ3v) is 5.69. The quantitative estimate of drug-likeness (QED) is 0.359. The van der Waals surface area contributed by atoms with Crippen LogP contribution in [0.25, 0.3) is 0 Å². The van der Waals surface area contributed by atoms with E-state index in [1.807, 2.05) is 39.0 Å². The second-order valence-corrected chi connectivity index (χ2v) is 10.0. The van der Waals surface area contributed by atoms with E-state index in [4.69, 9.17) is 4.74 Å². The predicted molar refractivity (Wildman–Crippen MR) is 138 cm³/mol. The Morgan fingerprint density at radius 1 is 1.03 bits per heavy atom. The maximum atomic E-state index is 13.6. The first kappa shape index (κ1) is 30.4. The largest absolute Gasteiger partial charge is 0.444 e. The van der Waals surface area contributed by atoms with Gasteiger partial charge in [-0.2, -0.15) is 0 Å². The van der Waals surface area contributed by atoms with Crippen LogP contribution in [0.4, 0.5) is 4.79 Å². The first-order valence-electron chi connectivity index (χ1n) is 12.7. The molecule has 198 valence electrons. The number of unbranched alkanes of at least 4 members (excludes halogenated alkanes) is 3. The molecule has 0 aliphatic carbocycles. The van der Waals surface area contributed by atoms with E-state index in [1.165, 1.54) is 4.90 Å². The number of alkyl carbamates (subject to hydrolysis) is 1. The van der Waals surface area contributed by atoms with Gasteiger partial charge < -0.3 is 25.4 Å². The Bertz CT molecular complexity index is 835. The fraction of sp³-hybridized carbons (Fsp3) is 0.667. The third kappa shape index (κ3) is 10.3. The number of aryl methyl sites for hydroxylation is 2. The highest BCUT2D eigenvalue weighted by molar-refractivity contribution is 5.92. The summed E-state index contributed by atoms with van der Waals surface area (Å²) >= 11 is 0. The molecule has 1 aromatic rings. The highest BCUT2D eigenvalue weighted by Crippen LogP contribution is 2.25. The topological polar surface area (TPSA) is 108 Å². The summed E-state index contributed by atoms with van der Waals surface area (Å²) in [6.45, 7) is 13.4. The minimum Gasteiger partial charge on any atom is -0.444 e. The zero-order valence-electron chi connectivity index (χ0n) is 22.6. The maximum Gasteiger partial charge on any atom is 0.408 e. The Kier molecular flexibility index (Phi) is 12.8. The Morgan fingerprint density at radius 3 is 2.23 bits per heavy atom. The van der Waals surface area contributed by atoms with E-state index in [0.717, 1.165) is 36.8 Å². The number of carbonyl (C=O) groups excluding carboxylic acids is 3. The number of hydrogen-bond donors (Lipinski definition) is 3. The van der Waals surface area contributed by atoms with Gasteiger partial charge in [0.15, 0.2) is 0 Å². The molecule has 0 aliphatic rings. The van der Waals surface area contributed by atoms with Crippen LogP contribution < -0.4 is 10.6 Å². The fourth-order valence-electron chi connectivity index (χ4n) is 3.62. The van der Waals surface area contributed by atoms with Gasteiger partial charge >= 0.3 is 6.09 Å². The molecule has 1 rings (SSSR count). The monoisotopic (exact) mass is 491 g/mol. The molecule has 1 aromatic carbocycles. The zero-order chi connectivity index (χ0) is 26.6. The fourth-order valence-corrected chi connectivity index (χ4v) is 3.62. The van der Waals surface area contributed by atoms with E-state index in [2.05, 4.69) is 17.6 Å². The SMILES string of the molecule is CCCCCNC(=O)C(c1ccc(C)c(C)c1)N(CCCC)C(=O)C(CO)NC(=O)OC(C)(C)C. The molecular weight excluding hydrogens is 446 g/mol. The van der Waals surface area contributed by atoms with Gasteiger partial charge in [-0.3, -0.25) is 9.59 Å². The minimum atomic E-state index is -1.23. The molecule has 3 amide bonds. The second-order valence-electron chi connectivity index (χ2n) is 10.0. The van der Waals surface area contributed by atoms with Crippen molar-refractivity contribution in [2.75, 3.05) is 19.7 Å². The lowest BCUT2D eigenvalue weighted by molar-refractivity contribution is -0.143. The van der Waals surface area contributed by atoms with Gasteiger partial charge in [0.2, 0.25) is 11.8 Å². The van der Waals surface area contributed by atoms with Gasteiger partial charge in [-0.25, -0.2) is 4.79 Å². The molecule has 0 aliphatic heterocycles. The Hall–Kier alpha value is -2.61. The van der Waals surface area contributed by atoms with Crippen LogP contribution in [-0.4, -0.2) is 59.3 Å². The second kappa shape index (κ2) is 14.7. The van der Waals surface area contributed by atoms with Crippen LogP contribution in [0.15, 0.2) is 18.2 Å². The Morgan fingerprint density at radius 2 is 1.69 bits per heavy atom. The molecule has 0 heterocycles. The average molecular weight is 492 g/mol. The van der Waals surface area contributed by atoms with Crippen LogP contribution in [-0.2, 0) is 14.3 Å². The highest BCUT2D eigenvalue weighted by Gasteiger charge is 2.35. The number of carbonyl (C=O) groups is 3. The Labute approximate surface area is 210 Å². The molecule has 0 aromatic heterocycles. The van der Waals surface area contributed by atoms with Gasteiger partial charge in [-0.05, 0) is 64.2 Å². The standard InChI is InChI=1S/C27H45N3O5/c1-8-10-12-15-28-24(32)23(21-14-13-19(3)20(4)17-21)30(16-11-9-2)25(33)22(18-31)29-26(34)35-27(5,6)7/h13-14,17,22-23,31H,8-12,15-16,18H2,1-7H3,(H,28,32)(H,29,34). The van der Waals surface area contributed by atoms with Crippen LogP contribution >= 0.6 is 0 Å². The number of aliphatic hydroxyl groups is 1. The lowest BCUT2D eigenvalue weighted by atomic mass is 9.98. The van der Waals surface area contributed by atoms with Crippen LogP contribution in [0.5, 0.6) is 0 Å². The van der Waals surface area contributed by atoms with Crippen LogP contribution in [0.2, 0.25) is 0 Å². The average Bonchev–Trinajstić information content (AvgIpc) is 2.78. The number of hydrogen-bond acceptors (Lipinski definition) is 5. The summed E-state index contributed by atoms with van der Waals surface area (Å²) in [6, 6.07) is 3.60. The van der Waals surface area contributed by atoms with Crippen molar-refractivity contribution in [1.82, 2.24) is 15.5 Å². The number of nitrogens with zero attached hydrogens (tertiary/aromatic N) is 1. The summed E-state index contributed by atoms with van der Waals surface area (Å²) in [4.78, 5) is 40.9. The lowest BCUT2D eigenvalue weighted by Gasteiger charge is -2.34. The molecule has 0 saturated heterocycles. The molecule has 8 heteroatoms. The number of aliphatic hydroxyl groups excluding tert-OH is 1. The van der Waals surface area contributed by atoms with E-state index >= 15 is 0 Å². The minimum absolute atomic E-state index is 0.275. The molecule has 0 bridgehead atoms. The third-order valence-electron chi connectivity index (χ3n) is 5.69. The molecule has 2 atom stereocenters. The van der Waals surface area contributed by atoms with Crippen molar-refractivity contribution in [2.24, 2.45) is 0 Å². The summed E-state index contributed by atoms with van der Waals surface area (Å²) in [5.41, 5.74) is 2.04. The van der Waals surface area contributed by atoms with E-state index in [9.17, 15) is 19.5 Å². The maximum absolute atomic E-state index is 13.6. The normalized spacial score (nSPS) is 13.0. The van der Waals surface area contributed by atoms with E-state index in [0.29, 0.717) is 25.1 Å². The van der Waals surface area contributed by atoms with Crippen molar-refractivity contribution in [3.8, 4) is 0 Å². The van der Waals surface area contributed by atoms with Crippen molar-refractivity contribution in [1.29, 1.82) is 0 Å². The van der Waals surface area contributed by atoms with Crippen molar-refractivity contribution < 1.29 is 24.2 Å². The molecular formula is C27H45N3O5. The zero-order valence-corrected chi connectivity index (χ0v) is 22.6. The summed E-state index contributed by atoms with van der Waals surface area (Å²) in [5.74, 6) is -0.804. The molecule has 3 N–H and O–H groups in total. The number of benzene rings is 1. The summed E-state index contributed by atoms with van der Waals surface area (Å²) < 4.78 is 5.27. The molecule has 35 heavy (non-hydrogen) atoms. The summed E-state index contributed by atoms with van der Waals surface area (Å²) in [6.07, 6.45) is 3.56. The van der Waals surface area contributed by atoms with Gasteiger partial charge in [-0.15, -0.1) is 0 Å². The van der Waals surface area contributed by atoms with Gasteiger partial charge in [-0.1, -0.05) is 51.3 Å². The number of amides is 3. The highest BCUT2D eigenvalue weighted by atomic mass is 16.6. The molecule has 0 fully saturated rings. The Balaban J connectivity index is 3.34. The molecule has 0 spiro atoms. The van der Waals surface area contributed by atoms with Crippen molar-refractivity contribution in [3.63, 3.8) is 0 Å². The predicted octanol–water partition coefficient (Wildman–Crippen LogP) is 4.17. The van der Waals surface area contributed by atoms with Gasteiger partial charge in [0.05, 0.1) is 6.61 Å². The molecule has 0 saturated carbocycles. The smallest absolute Gasteiger partial charge is 0.408 e. The number of ether oxygens (including phenoxy) is 1. The van der Waals surface area contributed by atoms with Gasteiger partial charge in [0.25, 0.3) is 0 Å². The molecule has 8 nitrogen and oxygen atoms in total. The van der Waals surface area contributed by atoms with E-state index in [-0.39, 0.29) is 5.91 Å². The van der Waals surface area contributed by atoms with Gasteiger partial charge in [0, 0.05) is 13.1 Å². The van der Waals surface area contributed by atoms with Crippen molar-refractivity contribution in [2.45, 2.75) is 98.3 Å². The van der Waals surface area contributed by atoms with Crippen LogP contribution in [0.1, 0.15) is 89.5 Å². The summed E-state index contributed by atoms with van der Waals surface area (Å²) in [5, 5.41) is 15.4. The van der Waals surface area contributed by atoms with E-state index < -0.39 is 36.3 Å². The molecule has 2 unspecified atom stereocenters. The van der Waals surface area contributed by atoms with Gasteiger partial charge in [0.1, 0.15) is 17.7 Å². The first-order chi connectivity index (χ1) is 16.4. The molecule has 0 radical (unpaired) electrons. The summed E-state index contributed by atoms with van der Waals surface area (Å²) in [7, 11) is 0. The van der Waals surface area contributed by atoms with Crippen LogP contribution in [0, 0.1) is 13.8 Å². The van der Waals surface area contributed by atoms with Crippen molar-refractivity contribution in [3.05, 3.63) is 34.9 Å². The van der Waals surface area contributed by atoms with Crippen molar-refractivity contribution >= 4 is 17.9 Å². The number of nitrogens with one attached hydrogen (secondary N) is 2. The van der Waals surface area contributed by atoms with E-state index in [1.54, 1.807) is 20.8 Å². The van der Waals surface area contributed by atoms with Crippen LogP contribution in [0.3, 0.4) is 0 Å².